The molecule has 0 radical (unpaired) electrons. The third kappa shape index (κ3) is 6.43. The summed E-state index contributed by atoms with van der Waals surface area (Å²) in [6.07, 6.45) is 1.06. The number of aromatic nitrogens is 6. The van der Waals surface area contributed by atoms with Crippen LogP contribution in [-0.4, -0.2) is 87.1 Å². The maximum absolute atomic E-state index is 12.2. The molecule has 0 bridgehead atoms. The van der Waals surface area contributed by atoms with Crippen molar-refractivity contribution in [2.75, 3.05) is 56.6 Å². The highest BCUT2D eigenvalue weighted by molar-refractivity contribution is 7.15. The predicted octanol–water partition coefficient (Wildman–Crippen LogP) is 2.52. The lowest BCUT2D eigenvalue weighted by molar-refractivity contribution is 0.0221. The van der Waals surface area contributed by atoms with Crippen LogP contribution in [0.1, 0.15) is 16.8 Å². The van der Waals surface area contributed by atoms with E-state index in [1.54, 1.807) is 23.5 Å². The van der Waals surface area contributed by atoms with Gasteiger partial charge in [-0.1, -0.05) is 0 Å². The fourth-order valence-electron chi connectivity index (χ4n) is 4.31. The third-order valence-corrected chi connectivity index (χ3v) is 7.35. The van der Waals surface area contributed by atoms with E-state index in [2.05, 4.69) is 48.2 Å². The van der Waals surface area contributed by atoms with Crippen molar-refractivity contribution in [3.63, 3.8) is 0 Å². The van der Waals surface area contributed by atoms with Crippen LogP contribution in [0.5, 0.6) is 0 Å². The van der Waals surface area contributed by atoms with Crippen LogP contribution in [0.15, 0.2) is 42.7 Å². The van der Waals surface area contributed by atoms with E-state index in [1.165, 1.54) is 11.2 Å². The second-order valence-corrected chi connectivity index (χ2v) is 10.2. The topological polar surface area (TPSA) is 155 Å². The zero-order valence-corrected chi connectivity index (χ0v) is 21.9. The maximum atomic E-state index is 12.2. The summed E-state index contributed by atoms with van der Waals surface area (Å²) >= 11 is 1.69. The molecule has 202 valence electrons. The fourth-order valence-corrected chi connectivity index (χ4v) is 5.29. The van der Waals surface area contributed by atoms with Gasteiger partial charge in [0.1, 0.15) is 12.4 Å². The van der Waals surface area contributed by atoms with E-state index in [-0.39, 0.29) is 12.1 Å². The van der Waals surface area contributed by atoms with Crippen molar-refractivity contribution in [2.45, 2.75) is 12.6 Å². The quantitative estimate of drug-likeness (QED) is 0.271. The van der Waals surface area contributed by atoms with Crippen molar-refractivity contribution in [1.82, 2.24) is 40.3 Å². The van der Waals surface area contributed by atoms with Crippen LogP contribution >= 0.6 is 11.3 Å². The number of carbonyl (C=O) groups excluding carboxylic acids is 1. The van der Waals surface area contributed by atoms with Crippen LogP contribution in [0.2, 0.25) is 0 Å². The molecule has 2 aliphatic rings. The third-order valence-electron chi connectivity index (χ3n) is 6.28. The minimum Gasteiger partial charge on any atom is -0.379 e. The molecule has 0 saturated carbocycles. The Labute approximate surface area is 228 Å². The molecule has 2 amide bonds. The highest BCUT2D eigenvalue weighted by Crippen LogP contribution is 2.30. The number of H-pyrrole nitrogens is 1. The summed E-state index contributed by atoms with van der Waals surface area (Å²) in [5, 5.41) is 15.0. The SMILES string of the molecule is O=C(Nc1ccc(-c2nc(-c3ccc(CN4CCOCC4)s3)nc(C3CNCCO3)n2)cc1)Nc1ncn[nH]1. The smallest absolute Gasteiger partial charge is 0.326 e. The molecule has 2 fully saturated rings. The molecule has 2 aliphatic heterocycles. The van der Waals surface area contributed by atoms with Gasteiger partial charge in [-0.25, -0.2) is 24.8 Å². The minimum atomic E-state index is -0.434. The first-order valence-corrected chi connectivity index (χ1v) is 13.5. The van der Waals surface area contributed by atoms with Crippen LogP contribution in [0, 0.1) is 0 Å². The number of amides is 2. The molecule has 1 unspecified atom stereocenters. The molecule has 0 spiro atoms. The summed E-state index contributed by atoms with van der Waals surface area (Å²) in [6, 6.07) is 11.1. The molecule has 14 heteroatoms. The predicted molar refractivity (Wildman–Crippen MR) is 145 cm³/mol. The maximum Gasteiger partial charge on any atom is 0.326 e. The second-order valence-electron chi connectivity index (χ2n) is 9.05. The van der Waals surface area contributed by atoms with Crippen molar-refractivity contribution >= 4 is 29.0 Å². The van der Waals surface area contributed by atoms with Gasteiger partial charge in [-0.05, 0) is 36.4 Å². The summed E-state index contributed by atoms with van der Waals surface area (Å²) in [7, 11) is 0. The Morgan fingerprint density at radius 2 is 1.87 bits per heavy atom. The van der Waals surface area contributed by atoms with Gasteiger partial charge in [0.2, 0.25) is 5.95 Å². The summed E-state index contributed by atoms with van der Waals surface area (Å²) in [6.45, 7) is 6.34. The molecule has 4 aromatic rings. The van der Waals surface area contributed by atoms with Crippen molar-refractivity contribution in [2.24, 2.45) is 0 Å². The van der Waals surface area contributed by atoms with Gasteiger partial charge in [-0.3, -0.25) is 10.2 Å². The van der Waals surface area contributed by atoms with Crippen molar-refractivity contribution < 1.29 is 14.3 Å². The van der Waals surface area contributed by atoms with E-state index in [1.807, 2.05) is 12.1 Å². The molecule has 4 N–H and O–H groups in total. The Balaban J connectivity index is 1.23. The Kier molecular flexibility index (Phi) is 7.78. The number of hydrogen-bond acceptors (Lipinski definition) is 11. The van der Waals surface area contributed by atoms with E-state index in [4.69, 9.17) is 24.4 Å². The lowest BCUT2D eigenvalue weighted by atomic mass is 10.2. The van der Waals surface area contributed by atoms with Crippen LogP contribution in [0.3, 0.4) is 0 Å². The van der Waals surface area contributed by atoms with Gasteiger partial charge in [-0.15, -0.1) is 11.3 Å². The van der Waals surface area contributed by atoms with Crippen LogP contribution in [0.4, 0.5) is 16.4 Å². The summed E-state index contributed by atoms with van der Waals surface area (Å²) in [5.41, 5.74) is 1.41. The average molecular weight is 549 g/mol. The molecule has 5 heterocycles. The number of morpholine rings is 2. The molecule has 1 atom stereocenters. The number of carbonyl (C=O) groups is 1. The standard InChI is InChI=1S/C25H28N10O3S/c36-25(33-24-27-15-28-34-24)29-17-3-1-16(2-4-17)21-30-22(19-13-26-7-10-38-19)32-23(31-21)20-6-5-18(39-20)14-35-8-11-37-12-9-35/h1-6,15,19,26H,7-14H2,(H3,27,28,29,33,34,36). The summed E-state index contributed by atoms with van der Waals surface area (Å²) in [4.78, 5) is 35.1. The van der Waals surface area contributed by atoms with E-state index < -0.39 is 6.03 Å². The summed E-state index contributed by atoms with van der Waals surface area (Å²) < 4.78 is 11.4. The molecule has 39 heavy (non-hydrogen) atoms. The Bertz CT molecular complexity index is 1380. The number of urea groups is 1. The van der Waals surface area contributed by atoms with Crippen LogP contribution < -0.4 is 16.0 Å². The first-order chi connectivity index (χ1) is 19.2. The Morgan fingerprint density at radius 1 is 1.03 bits per heavy atom. The molecule has 13 nitrogen and oxygen atoms in total. The molecule has 6 rings (SSSR count). The van der Waals surface area contributed by atoms with E-state index in [9.17, 15) is 4.79 Å². The Morgan fingerprint density at radius 3 is 2.64 bits per heavy atom. The molecule has 2 saturated heterocycles. The van der Waals surface area contributed by atoms with Gasteiger partial charge in [0.05, 0.1) is 24.7 Å². The number of nitrogens with one attached hydrogen (secondary N) is 4. The number of benzene rings is 1. The van der Waals surface area contributed by atoms with Crippen molar-refractivity contribution in [1.29, 1.82) is 0 Å². The highest BCUT2D eigenvalue weighted by atomic mass is 32.1. The lowest BCUT2D eigenvalue weighted by Crippen LogP contribution is -2.35. The molecular weight excluding hydrogens is 520 g/mol. The van der Waals surface area contributed by atoms with Crippen LogP contribution in [0.25, 0.3) is 22.1 Å². The van der Waals surface area contributed by atoms with Crippen molar-refractivity contribution in [3.8, 4) is 22.1 Å². The van der Waals surface area contributed by atoms with Gasteiger partial charge < -0.3 is 20.1 Å². The van der Waals surface area contributed by atoms with Crippen molar-refractivity contribution in [3.05, 3.63) is 53.4 Å². The van der Waals surface area contributed by atoms with E-state index in [0.29, 0.717) is 36.3 Å². The molecular formula is C25H28N10O3S. The number of hydrogen-bond donors (Lipinski definition) is 4. The monoisotopic (exact) mass is 548 g/mol. The highest BCUT2D eigenvalue weighted by Gasteiger charge is 2.22. The van der Waals surface area contributed by atoms with Gasteiger partial charge >= 0.3 is 6.03 Å². The number of thiophene rings is 1. The zero-order chi connectivity index (χ0) is 26.4. The zero-order valence-electron chi connectivity index (χ0n) is 21.1. The molecule has 0 aliphatic carbocycles. The average Bonchev–Trinajstić information content (AvgIpc) is 3.67. The van der Waals surface area contributed by atoms with Gasteiger partial charge in [-0.2, -0.15) is 10.1 Å². The minimum absolute atomic E-state index is 0.257. The van der Waals surface area contributed by atoms with Gasteiger partial charge in [0, 0.05) is 48.9 Å². The first kappa shape index (κ1) is 25.5. The Hall–Kier alpha value is -3.82. The van der Waals surface area contributed by atoms with Gasteiger partial charge in [0.25, 0.3) is 0 Å². The van der Waals surface area contributed by atoms with Crippen LogP contribution in [-0.2, 0) is 16.0 Å². The largest absolute Gasteiger partial charge is 0.379 e. The number of anilines is 2. The first-order valence-electron chi connectivity index (χ1n) is 12.7. The normalized spacial score (nSPS) is 18.1. The number of rotatable bonds is 7. The number of nitrogens with zero attached hydrogens (tertiary/aromatic N) is 6. The van der Waals surface area contributed by atoms with E-state index in [0.717, 1.165) is 49.8 Å². The lowest BCUT2D eigenvalue weighted by Gasteiger charge is -2.25. The molecule has 1 aromatic carbocycles. The van der Waals surface area contributed by atoms with E-state index >= 15 is 0 Å². The number of ether oxygens (including phenoxy) is 2. The molecule has 3 aromatic heterocycles. The number of aromatic amines is 1. The van der Waals surface area contributed by atoms with Gasteiger partial charge in [0.15, 0.2) is 17.5 Å². The fraction of sp³-hybridized carbons (Fsp3) is 0.360. The second kappa shape index (κ2) is 11.9. The summed E-state index contributed by atoms with van der Waals surface area (Å²) in [5.74, 6) is 2.02.